The lowest BCUT2D eigenvalue weighted by atomic mass is 9.91. The topological polar surface area (TPSA) is 60.2 Å². The monoisotopic (exact) mass is 261 g/mol. The number of ketones is 1. The molecule has 0 unspecified atom stereocenters. The number of benzene rings is 1. The highest BCUT2D eigenvalue weighted by molar-refractivity contribution is 5.97. The summed E-state index contributed by atoms with van der Waals surface area (Å²) in [6, 6.07) is 5.32. The van der Waals surface area contributed by atoms with Gasteiger partial charge in [-0.15, -0.1) is 0 Å². The second-order valence-corrected chi connectivity index (χ2v) is 5.08. The molecule has 2 N–H and O–H groups in total. The first-order chi connectivity index (χ1) is 9.10. The van der Waals surface area contributed by atoms with Crippen LogP contribution in [-0.4, -0.2) is 18.6 Å². The number of carbonyl (C=O) groups excluding carboxylic acids is 2. The highest BCUT2D eigenvalue weighted by Crippen LogP contribution is 2.19. The van der Waals surface area contributed by atoms with Gasteiger partial charge in [0.25, 0.3) is 0 Å². The summed E-state index contributed by atoms with van der Waals surface area (Å²) in [5.74, 6) is 0.506. The lowest BCUT2D eigenvalue weighted by Crippen LogP contribution is -2.11. The van der Waals surface area contributed by atoms with Crippen LogP contribution in [0, 0.1) is 12.8 Å². The number of rotatable bonds is 8. The lowest BCUT2D eigenvalue weighted by Gasteiger charge is -2.13. The van der Waals surface area contributed by atoms with Crippen molar-refractivity contribution < 1.29 is 9.59 Å². The van der Waals surface area contributed by atoms with Crippen molar-refractivity contribution in [1.29, 1.82) is 0 Å². The van der Waals surface area contributed by atoms with Crippen molar-refractivity contribution >= 4 is 12.1 Å². The maximum atomic E-state index is 12.3. The fourth-order valence-electron chi connectivity index (χ4n) is 2.28. The molecule has 0 saturated carbocycles. The van der Waals surface area contributed by atoms with Gasteiger partial charge in [0.15, 0.2) is 5.78 Å². The molecule has 1 aromatic carbocycles. The maximum absolute atomic E-state index is 12.3. The van der Waals surface area contributed by atoms with Crippen LogP contribution >= 0.6 is 0 Å². The van der Waals surface area contributed by atoms with Gasteiger partial charge in [0.05, 0.1) is 0 Å². The molecule has 0 fully saturated rings. The van der Waals surface area contributed by atoms with E-state index in [4.69, 9.17) is 5.73 Å². The number of hydrogen-bond donors (Lipinski definition) is 1. The molecule has 0 aliphatic rings. The van der Waals surface area contributed by atoms with Gasteiger partial charge in [-0.2, -0.15) is 0 Å². The Kier molecular flexibility index (Phi) is 6.43. The van der Waals surface area contributed by atoms with Gasteiger partial charge >= 0.3 is 0 Å². The predicted octanol–water partition coefficient (Wildman–Crippen LogP) is 3.15. The molecule has 0 aliphatic carbocycles. The summed E-state index contributed by atoms with van der Waals surface area (Å²) in [5, 5.41) is 0. The molecular weight excluding hydrogens is 238 g/mol. The molecule has 19 heavy (non-hydrogen) atoms. The van der Waals surface area contributed by atoms with Gasteiger partial charge in [-0.1, -0.05) is 13.3 Å². The Balaban J connectivity index is 2.76. The normalized spacial score (nSPS) is 12.2. The SMILES string of the molecule is CC[C@@H](CCCN)CC(=O)c1cc(C)cc(C=O)c1. The molecule has 0 bridgehead atoms. The van der Waals surface area contributed by atoms with Gasteiger partial charge in [0.2, 0.25) is 0 Å². The second kappa shape index (κ2) is 7.85. The minimum absolute atomic E-state index is 0.121. The van der Waals surface area contributed by atoms with Crippen LogP contribution < -0.4 is 5.73 Å². The number of aryl methyl sites for hydroxylation is 1. The summed E-state index contributed by atoms with van der Waals surface area (Å²) in [6.45, 7) is 4.67. The Hall–Kier alpha value is -1.48. The number of carbonyl (C=O) groups is 2. The van der Waals surface area contributed by atoms with Crippen LogP contribution in [0.15, 0.2) is 18.2 Å². The van der Waals surface area contributed by atoms with E-state index in [-0.39, 0.29) is 5.78 Å². The van der Waals surface area contributed by atoms with Gasteiger partial charge in [0.1, 0.15) is 6.29 Å². The summed E-state index contributed by atoms with van der Waals surface area (Å²) in [6.07, 6.45) is 4.26. The van der Waals surface area contributed by atoms with Gasteiger partial charge in [-0.3, -0.25) is 9.59 Å². The fourth-order valence-corrected chi connectivity index (χ4v) is 2.28. The first kappa shape index (κ1) is 15.6. The van der Waals surface area contributed by atoms with Crippen LogP contribution in [-0.2, 0) is 0 Å². The van der Waals surface area contributed by atoms with Gasteiger partial charge < -0.3 is 5.73 Å². The Bertz CT molecular complexity index is 440. The van der Waals surface area contributed by atoms with E-state index in [2.05, 4.69) is 6.92 Å². The quantitative estimate of drug-likeness (QED) is 0.577. The zero-order chi connectivity index (χ0) is 14.3. The zero-order valence-corrected chi connectivity index (χ0v) is 11.8. The van der Waals surface area contributed by atoms with Crippen LogP contribution in [0.4, 0.5) is 0 Å². The molecule has 0 amide bonds. The van der Waals surface area contributed by atoms with E-state index in [1.807, 2.05) is 13.0 Å². The first-order valence-corrected chi connectivity index (χ1v) is 6.90. The van der Waals surface area contributed by atoms with Crippen molar-refractivity contribution in [2.75, 3.05) is 6.54 Å². The average molecular weight is 261 g/mol. The highest BCUT2D eigenvalue weighted by Gasteiger charge is 2.14. The number of hydrogen-bond acceptors (Lipinski definition) is 3. The van der Waals surface area contributed by atoms with Gasteiger partial charge in [-0.25, -0.2) is 0 Å². The Morgan fingerprint density at radius 2 is 2.11 bits per heavy atom. The molecule has 0 spiro atoms. The van der Waals surface area contributed by atoms with Crippen LogP contribution in [0.3, 0.4) is 0 Å². The van der Waals surface area contributed by atoms with E-state index in [1.165, 1.54) is 0 Å². The van der Waals surface area contributed by atoms with E-state index in [0.29, 0.717) is 30.0 Å². The summed E-state index contributed by atoms with van der Waals surface area (Å²) >= 11 is 0. The lowest BCUT2D eigenvalue weighted by molar-refractivity contribution is 0.0957. The largest absolute Gasteiger partial charge is 0.330 e. The molecule has 0 saturated heterocycles. The van der Waals surface area contributed by atoms with Crippen molar-refractivity contribution in [3.8, 4) is 0 Å². The zero-order valence-electron chi connectivity index (χ0n) is 11.8. The predicted molar refractivity (Wildman–Crippen MR) is 77.6 cm³/mol. The minimum Gasteiger partial charge on any atom is -0.330 e. The van der Waals surface area contributed by atoms with Crippen molar-refractivity contribution in [2.45, 2.75) is 39.5 Å². The number of Topliss-reactive ketones (excluding diaryl/α,β-unsaturated/α-hetero) is 1. The Morgan fingerprint density at radius 3 is 2.68 bits per heavy atom. The smallest absolute Gasteiger partial charge is 0.163 e. The van der Waals surface area contributed by atoms with E-state index in [0.717, 1.165) is 31.1 Å². The molecule has 1 aromatic rings. The van der Waals surface area contributed by atoms with E-state index >= 15 is 0 Å². The molecular formula is C16H23NO2. The van der Waals surface area contributed by atoms with Crippen LogP contribution in [0.25, 0.3) is 0 Å². The van der Waals surface area contributed by atoms with Crippen molar-refractivity contribution in [3.63, 3.8) is 0 Å². The van der Waals surface area contributed by atoms with E-state index in [1.54, 1.807) is 12.1 Å². The van der Waals surface area contributed by atoms with Crippen LogP contribution in [0.2, 0.25) is 0 Å². The Morgan fingerprint density at radius 1 is 1.37 bits per heavy atom. The van der Waals surface area contributed by atoms with Crippen LogP contribution in [0.1, 0.15) is 58.9 Å². The summed E-state index contributed by atoms with van der Waals surface area (Å²) < 4.78 is 0. The number of aldehydes is 1. The van der Waals surface area contributed by atoms with E-state index in [9.17, 15) is 9.59 Å². The van der Waals surface area contributed by atoms with Gasteiger partial charge in [-0.05, 0) is 56.0 Å². The van der Waals surface area contributed by atoms with Crippen LogP contribution in [0.5, 0.6) is 0 Å². The van der Waals surface area contributed by atoms with Crippen molar-refractivity contribution in [1.82, 2.24) is 0 Å². The summed E-state index contributed by atoms with van der Waals surface area (Å²) in [7, 11) is 0. The Labute approximate surface area is 115 Å². The molecule has 0 aliphatic heterocycles. The molecule has 104 valence electrons. The molecule has 3 heteroatoms. The number of nitrogens with two attached hydrogens (primary N) is 1. The molecule has 0 radical (unpaired) electrons. The maximum Gasteiger partial charge on any atom is 0.163 e. The van der Waals surface area contributed by atoms with Crippen molar-refractivity contribution in [3.05, 3.63) is 34.9 Å². The second-order valence-electron chi connectivity index (χ2n) is 5.08. The summed E-state index contributed by atoms with van der Waals surface area (Å²) in [4.78, 5) is 23.1. The highest BCUT2D eigenvalue weighted by atomic mass is 16.1. The van der Waals surface area contributed by atoms with Gasteiger partial charge in [0, 0.05) is 17.5 Å². The first-order valence-electron chi connectivity index (χ1n) is 6.90. The molecule has 0 aromatic heterocycles. The van der Waals surface area contributed by atoms with E-state index < -0.39 is 0 Å². The summed E-state index contributed by atoms with van der Waals surface area (Å²) in [5.41, 5.74) is 7.67. The molecule has 1 rings (SSSR count). The molecule has 1 atom stereocenters. The standard InChI is InChI=1S/C16H23NO2/c1-3-13(5-4-6-17)10-16(19)15-8-12(2)7-14(9-15)11-18/h7-9,11,13H,3-6,10,17H2,1-2H3/t13-/m0/s1. The third-order valence-electron chi connectivity index (χ3n) is 3.43. The average Bonchev–Trinajstić information content (AvgIpc) is 2.42. The molecule has 0 heterocycles. The third kappa shape index (κ3) is 4.95. The van der Waals surface area contributed by atoms with Crippen molar-refractivity contribution in [2.24, 2.45) is 11.7 Å². The third-order valence-corrected chi connectivity index (χ3v) is 3.43. The fraction of sp³-hybridized carbons (Fsp3) is 0.500. The molecule has 3 nitrogen and oxygen atoms in total. The minimum atomic E-state index is 0.121.